The minimum Gasteiger partial charge on any atom is -0.407 e. The van der Waals surface area contributed by atoms with E-state index in [1.54, 1.807) is 0 Å². The minimum absolute atomic E-state index is 0.0329. The summed E-state index contributed by atoms with van der Waals surface area (Å²) in [6, 6.07) is 21.7. The summed E-state index contributed by atoms with van der Waals surface area (Å²) >= 11 is 0. The first-order chi connectivity index (χ1) is 14.4. The van der Waals surface area contributed by atoms with Crippen LogP contribution in [0, 0.1) is 0 Å². The van der Waals surface area contributed by atoms with Crippen molar-refractivity contribution in [2.45, 2.75) is 51.5 Å². The third-order valence-electron chi connectivity index (χ3n) is 5.20. The van der Waals surface area contributed by atoms with Crippen molar-refractivity contribution >= 4 is 24.9 Å². The van der Waals surface area contributed by atoms with Crippen LogP contribution in [0.2, 0.25) is 5.04 Å². The van der Waals surface area contributed by atoms with Crippen LogP contribution in [-0.2, 0) is 4.43 Å². The molecule has 30 heavy (non-hydrogen) atoms. The lowest BCUT2D eigenvalue weighted by Crippen LogP contribution is -2.66. The Morgan fingerprint density at radius 2 is 1.37 bits per heavy atom. The molecule has 4 heteroatoms. The summed E-state index contributed by atoms with van der Waals surface area (Å²) in [6.45, 7) is 7.71. The molecule has 162 valence electrons. The van der Waals surface area contributed by atoms with E-state index in [-0.39, 0.29) is 5.04 Å². The highest BCUT2D eigenvalue weighted by Crippen LogP contribution is 2.36. The normalized spacial score (nSPS) is 12.7. The highest BCUT2D eigenvalue weighted by Gasteiger charge is 2.49. The van der Waals surface area contributed by atoms with E-state index in [0.29, 0.717) is 0 Å². The van der Waals surface area contributed by atoms with Gasteiger partial charge in [-0.2, -0.15) is 5.10 Å². The van der Waals surface area contributed by atoms with Gasteiger partial charge >= 0.3 is 0 Å². The maximum Gasteiger partial charge on any atom is 0.261 e. The second kappa shape index (κ2) is 11.9. The maximum atomic E-state index is 6.90. The first-order valence-corrected chi connectivity index (χ1v) is 12.9. The van der Waals surface area contributed by atoms with Gasteiger partial charge in [0.1, 0.15) is 0 Å². The van der Waals surface area contributed by atoms with Crippen LogP contribution in [0.1, 0.15) is 46.5 Å². The van der Waals surface area contributed by atoms with E-state index in [0.717, 1.165) is 32.3 Å². The lowest BCUT2D eigenvalue weighted by atomic mass is 10.2. The van der Waals surface area contributed by atoms with E-state index in [2.05, 4.69) is 98.7 Å². The largest absolute Gasteiger partial charge is 0.407 e. The quantitative estimate of drug-likeness (QED) is 0.163. The van der Waals surface area contributed by atoms with Crippen LogP contribution in [-0.4, -0.2) is 40.2 Å². The summed E-state index contributed by atoms with van der Waals surface area (Å²) in [7, 11) is 1.49. The summed E-state index contributed by atoms with van der Waals surface area (Å²) < 4.78 is 6.90. The van der Waals surface area contributed by atoms with Crippen LogP contribution in [0.4, 0.5) is 0 Å². The molecule has 0 aromatic heterocycles. The standard InChI is InChI=1S/C26H38N2OSi/c1-26(2,3)30(24-18-12-10-13-19-24,25-20-14-11-15-21-25)29-23-17-9-7-6-8-16-22-27-28(4)5/h7,9-15,18-22H,6,8,16-17,23H2,1-5H3/b9-7+,27-22+. The Balaban J connectivity index is 2.06. The zero-order valence-corrected chi connectivity index (χ0v) is 20.3. The Morgan fingerprint density at radius 1 is 0.833 bits per heavy atom. The number of hydrogen-bond acceptors (Lipinski definition) is 3. The van der Waals surface area contributed by atoms with Crippen molar-refractivity contribution in [1.29, 1.82) is 0 Å². The summed E-state index contributed by atoms with van der Waals surface area (Å²) in [6.07, 6.45) is 10.7. The lowest BCUT2D eigenvalue weighted by Gasteiger charge is -2.43. The highest BCUT2D eigenvalue weighted by molar-refractivity contribution is 6.99. The fourth-order valence-corrected chi connectivity index (χ4v) is 8.40. The van der Waals surface area contributed by atoms with E-state index in [1.165, 1.54) is 10.4 Å². The van der Waals surface area contributed by atoms with Gasteiger partial charge in [0, 0.05) is 26.9 Å². The van der Waals surface area contributed by atoms with Crippen molar-refractivity contribution in [1.82, 2.24) is 5.01 Å². The SMILES string of the molecule is CN(C)/N=C/CCC/C=C/CCO[Si](c1ccccc1)(c1ccccc1)C(C)(C)C. The predicted octanol–water partition coefficient (Wildman–Crippen LogP) is 5.23. The Labute approximate surface area is 184 Å². The third-order valence-corrected chi connectivity index (χ3v) is 10.2. The number of hydrazone groups is 1. The maximum absolute atomic E-state index is 6.90. The fraction of sp³-hybridized carbons (Fsp3) is 0.423. The molecule has 0 aliphatic rings. The Kier molecular flexibility index (Phi) is 9.54. The fourth-order valence-electron chi connectivity index (χ4n) is 3.83. The molecule has 2 aromatic rings. The summed E-state index contributed by atoms with van der Waals surface area (Å²) in [5.41, 5.74) is 0. The highest BCUT2D eigenvalue weighted by atomic mass is 28.4. The number of benzene rings is 2. The number of nitrogens with zero attached hydrogens (tertiary/aromatic N) is 2. The van der Waals surface area contributed by atoms with E-state index in [1.807, 2.05) is 25.3 Å². The molecule has 0 spiro atoms. The van der Waals surface area contributed by atoms with E-state index < -0.39 is 8.32 Å². The molecule has 0 fully saturated rings. The van der Waals surface area contributed by atoms with Crippen LogP contribution in [0.3, 0.4) is 0 Å². The van der Waals surface area contributed by atoms with Crippen molar-refractivity contribution in [3.8, 4) is 0 Å². The molecular weight excluding hydrogens is 384 g/mol. The monoisotopic (exact) mass is 422 g/mol. The van der Waals surface area contributed by atoms with Gasteiger partial charge < -0.3 is 9.43 Å². The predicted molar refractivity (Wildman–Crippen MR) is 133 cm³/mol. The smallest absolute Gasteiger partial charge is 0.261 e. The molecule has 0 unspecified atom stereocenters. The molecule has 0 radical (unpaired) electrons. The van der Waals surface area contributed by atoms with E-state index in [9.17, 15) is 0 Å². The van der Waals surface area contributed by atoms with Crippen molar-refractivity contribution in [2.24, 2.45) is 5.10 Å². The topological polar surface area (TPSA) is 24.8 Å². The van der Waals surface area contributed by atoms with Gasteiger partial charge in [-0.3, -0.25) is 0 Å². The molecule has 0 bridgehead atoms. The number of allylic oxidation sites excluding steroid dienone is 1. The van der Waals surface area contributed by atoms with Gasteiger partial charge in [0.2, 0.25) is 0 Å². The molecular formula is C26H38N2OSi. The molecule has 0 N–H and O–H groups in total. The number of rotatable bonds is 11. The molecule has 0 heterocycles. The van der Waals surface area contributed by atoms with Crippen molar-refractivity contribution in [3.05, 3.63) is 72.8 Å². The van der Waals surface area contributed by atoms with Gasteiger partial charge in [0.15, 0.2) is 0 Å². The molecule has 0 aliphatic carbocycles. The van der Waals surface area contributed by atoms with Crippen LogP contribution in [0.25, 0.3) is 0 Å². The first kappa shape index (κ1) is 24.1. The minimum atomic E-state index is -2.40. The Bertz CT molecular complexity index is 740. The van der Waals surface area contributed by atoms with Crippen LogP contribution in [0.15, 0.2) is 77.9 Å². The Morgan fingerprint density at radius 3 is 1.87 bits per heavy atom. The van der Waals surface area contributed by atoms with Gasteiger partial charge in [0.25, 0.3) is 8.32 Å². The average Bonchev–Trinajstić information content (AvgIpc) is 2.72. The zero-order valence-electron chi connectivity index (χ0n) is 19.3. The summed E-state index contributed by atoms with van der Waals surface area (Å²) in [4.78, 5) is 0. The first-order valence-electron chi connectivity index (χ1n) is 11.0. The Hall–Kier alpha value is -2.17. The van der Waals surface area contributed by atoms with Crippen LogP contribution < -0.4 is 10.4 Å². The van der Waals surface area contributed by atoms with Crippen LogP contribution >= 0.6 is 0 Å². The molecule has 0 amide bonds. The van der Waals surface area contributed by atoms with Crippen LogP contribution in [0.5, 0.6) is 0 Å². The second-order valence-electron chi connectivity index (χ2n) is 8.85. The van der Waals surface area contributed by atoms with Crippen molar-refractivity contribution < 1.29 is 4.43 Å². The third kappa shape index (κ3) is 6.68. The summed E-state index contributed by atoms with van der Waals surface area (Å²) in [5, 5.41) is 8.79. The van der Waals surface area contributed by atoms with E-state index in [4.69, 9.17) is 4.43 Å². The molecule has 2 rings (SSSR count). The molecule has 2 aromatic carbocycles. The van der Waals surface area contributed by atoms with Gasteiger partial charge in [-0.05, 0) is 41.1 Å². The molecule has 0 saturated heterocycles. The van der Waals surface area contributed by atoms with E-state index >= 15 is 0 Å². The van der Waals surface area contributed by atoms with Crippen molar-refractivity contribution in [3.63, 3.8) is 0 Å². The number of unbranched alkanes of at least 4 members (excludes halogenated alkanes) is 2. The molecule has 3 nitrogen and oxygen atoms in total. The molecule has 0 saturated carbocycles. The summed E-state index contributed by atoms with van der Waals surface area (Å²) in [5.74, 6) is 0. The van der Waals surface area contributed by atoms with Gasteiger partial charge in [-0.15, -0.1) is 0 Å². The van der Waals surface area contributed by atoms with Gasteiger partial charge in [-0.25, -0.2) is 0 Å². The molecule has 0 atom stereocenters. The number of hydrogen-bond donors (Lipinski definition) is 0. The van der Waals surface area contributed by atoms with Gasteiger partial charge in [0.05, 0.1) is 0 Å². The molecule has 0 aliphatic heterocycles. The second-order valence-corrected chi connectivity index (χ2v) is 13.2. The zero-order chi connectivity index (χ0) is 21.9. The van der Waals surface area contributed by atoms with Gasteiger partial charge in [-0.1, -0.05) is 93.6 Å². The average molecular weight is 423 g/mol. The van der Waals surface area contributed by atoms with Crippen molar-refractivity contribution in [2.75, 3.05) is 20.7 Å². The lowest BCUT2D eigenvalue weighted by molar-refractivity contribution is 0.304.